The van der Waals surface area contributed by atoms with Crippen LogP contribution in [0.4, 0.5) is 0 Å². The Labute approximate surface area is 115 Å². The number of benzene rings is 1. The molecule has 18 heavy (non-hydrogen) atoms. The van der Waals surface area contributed by atoms with E-state index in [0.717, 1.165) is 41.4 Å². The van der Waals surface area contributed by atoms with Gasteiger partial charge in [0.25, 0.3) is 0 Å². The Morgan fingerprint density at radius 2 is 2.22 bits per heavy atom. The molecule has 0 saturated heterocycles. The summed E-state index contributed by atoms with van der Waals surface area (Å²) in [7, 11) is 0. The standard InChI is InChI=1S/C14H16BrN3/c1-10-6-7-18-14(8-10)16-13(17-18)9-11-4-2-3-5-12(11)15/h2-5,10H,6-9H2,1H3. The molecule has 94 valence electrons. The van der Waals surface area contributed by atoms with Crippen molar-refractivity contribution in [3.8, 4) is 0 Å². The molecule has 1 aromatic carbocycles. The Morgan fingerprint density at radius 3 is 3.06 bits per heavy atom. The molecule has 0 bridgehead atoms. The molecule has 1 unspecified atom stereocenters. The maximum absolute atomic E-state index is 4.67. The molecule has 3 rings (SSSR count). The molecule has 0 radical (unpaired) electrons. The number of nitrogens with zero attached hydrogens (tertiary/aromatic N) is 3. The lowest BCUT2D eigenvalue weighted by Crippen LogP contribution is -2.18. The first-order chi connectivity index (χ1) is 8.72. The fraction of sp³-hybridized carbons (Fsp3) is 0.429. The van der Waals surface area contributed by atoms with Gasteiger partial charge in [-0.3, -0.25) is 0 Å². The minimum Gasteiger partial charge on any atom is -0.250 e. The second-order valence-electron chi connectivity index (χ2n) is 5.03. The summed E-state index contributed by atoms with van der Waals surface area (Å²) in [4.78, 5) is 4.67. The number of rotatable bonds is 2. The molecular formula is C14H16BrN3. The van der Waals surface area contributed by atoms with Crippen LogP contribution in [0.2, 0.25) is 0 Å². The van der Waals surface area contributed by atoms with Gasteiger partial charge in [-0.1, -0.05) is 41.1 Å². The van der Waals surface area contributed by atoms with Gasteiger partial charge >= 0.3 is 0 Å². The van der Waals surface area contributed by atoms with E-state index in [2.05, 4.69) is 55.8 Å². The van der Waals surface area contributed by atoms with E-state index in [0.29, 0.717) is 0 Å². The maximum Gasteiger partial charge on any atom is 0.155 e. The van der Waals surface area contributed by atoms with E-state index in [1.165, 1.54) is 12.0 Å². The summed E-state index contributed by atoms with van der Waals surface area (Å²) in [5.74, 6) is 2.82. The van der Waals surface area contributed by atoms with Crippen molar-refractivity contribution in [1.82, 2.24) is 14.8 Å². The minimum atomic E-state index is 0.734. The van der Waals surface area contributed by atoms with Crippen LogP contribution in [0.5, 0.6) is 0 Å². The zero-order chi connectivity index (χ0) is 12.5. The lowest BCUT2D eigenvalue weighted by molar-refractivity contribution is 0.385. The lowest BCUT2D eigenvalue weighted by Gasteiger charge is -2.17. The Hall–Kier alpha value is -1.16. The second kappa shape index (κ2) is 4.84. The van der Waals surface area contributed by atoms with Gasteiger partial charge in [-0.25, -0.2) is 9.67 Å². The summed E-state index contributed by atoms with van der Waals surface area (Å²) in [5, 5.41) is 4.61. The molecule has 0 N–H and O–H groups in total. The average Bonchev–Trinajstić information content (AvgIpc) is 2.73. The summed E-state index contributed by atoms with van der Waals surface area (Å²) in [6.07, 6.45) is 3.07. The number of hydrogen-bond acceptors (Lipinski definition) is 2. The van der Waals surface area contributed by atoms with Gasteiger partial charge in [0, 0.05) is 23.9 Å². The van der Waals surface area contributed by atoms with Gasteiger partial charge in [0.1, 0.15) is 5.82 Å². The van der Waals surface area contributed by atoms with Crippen molar-refractivity contribution in [2.75, 3.05) is 0 Å². The summed E-state index contributed by atoms with van der Waals surface area (Å²) < 4.78 is 3.21. The van der Waals surface area contributed by atoms with Crippen LogP contribution in [-0.2, 0) is 19.4 Å². The lowest BCUT2D eigenvalue weighted by atomic mass is 10.0. The molecule has 1 aliphatic rings. The van der Waals surface area contributed by atoms with Crippen LogP contribution < -0.4 is 0 Å². The molecule has 3 nitrogen and oxygen atoms in total. The summed E-state index contributed by atoms with van der Waals surface area (Å²) >= 11 is 3.57. The van der Waals surface area contributed by atoms with Gasteiger partial charge < -0.3 is 0 Å². The van der Waals surface area contributed by atoms with E-state index in [1.807, 2.05) is 6.07 Å². The van der Waals surface area contributed by atoms with Crippen LogP contribution in [0, 0.1) is 5.92 Å². The van der Waals surface area contributed by atoms with E-state index in [9.17, 15) is 0 Å². The Morgan fingerprint density at radius 1 is 1.39 bits per heavy atom. The molecule has 0 spiro atoms. The van der Waals surface area contributed by atoms with E-state index < -0.39 is 0 Å². The SMILES string of the molecule is CC1CCn2nc(Cc3ccccc3Br)nc2C1. The van der Waals surface area contributed by atoms with Crippen molar-refractivity contribution >= 4 is 15.9 Å². The van der Waals surface area contributed by atoms with E-state index in [1.54, 1.807) is 0 Å². The predicted molar refractivity (Wildman–Crippen MR) is 74.5 cm³/mol. The Kier molecular flexibility index (Phi) is 3.20. The summed E-state index contributed by atoms with van der Waals surface area (Å²) in [5.41, 5.74) is 1.24. The molecule has 1 aliphatic heterocycles. The molecular weight excluding hydrogens is 290 g/mol. The van der Waals surface area contributed by atoms with E-state index >= 15 is 0 Å². The highest BCUT2D eigenvalue weighted by Gasteiger charge is 2.18. The Bertz CT molecular complexity index is 562. The largest absolute Gasteiger partial charge is 0.250 e. The van der Waals surface area contributed by atoms with Gasteiger partial charge in [-0.2, -0.15) is 5.10 Å². The molecule has 1 atom stereocenters. The van der Waals surface area contributed by atoms with Crippen molar-refractivity contribution in [3.63, 3.8) is 0 Å². The molecule has 4 heteroatoms. The van der Waals surface area contributed by atoms with E-state index in [4.69, 9.17) is 0 Å². The van der Waals surface area contributed by atoms with Crippen LogP contribution in [0.15, 0.2) is 28.7 Å². The van der Waals surface area contributed by atoms with Crippen molar-refractivity contribution < 1.29 is 0 Å². The fourth-order valence-corrected chi connectivity index (χ4v) is 2.82. The maximum atomic E-state index is 4.67. The second-order valence-corrected chi connectivity index (χ2v) is 5.89. The van der Waals surface area contributed by atoms with Crippen LogP contribution in [0.3, 0.4) is 0 Å². The first kappa shape index (κ1) is 11.9. The van der Waals surface area contributed by atoms with Gasteiger partial charge in [0.2, 0.25) is 0 Å². The molecule has 2 aromatic rings. The summed E-state index contributed by atoms with van der Waals surface area (Å²) in [6, 6.07) is 8.26. The smallest absolute Gasteiger partial charge is 0.155 e. The number of fused-ring (bicyclic) bond motifs is 1. The number of aryl methyl sites for hydroxylation is 1. The predicted octanol–water partition coefficient (Wildman–Crippen LogP) is 3.21. The molecule has 0 fully saturated rings. The third kappa shape index (κ3) is 2.34. The number of halogens is 1. The fourth-order valence-electron chi connectivity index (χ4n) is 2.40. The highest BCUT2D eigenvalue weighted by molar-refractivity contribution is 9.10. The topological polar surface area (TPSA) is 30.7 Å². The quantitative estimate of drug-likeness (QED) is 0.853. The van der Waals surface area contributed by atoms with E-state index in [-0.39, 0.29) is 0 Å². The highest BCUT2D eigenvalue weighted by Crippen LogP contribution is 2.21. The zero-order valence-corrected chi connectivity index (χ0v) is 12.0. The average molecular weight is 306 g/mol. The van der Waals surface area contributed by atoms with Crippen molar-refractivity contribution in [3.05, 3.63) is 46.0 Å². The molecule has 0 saturated carbocycles. The van der Waals surface area contributed by atoms with Gasteiger partial charge in [-0.05, 0) is 24.0 Å². The van der Waals surface area contributed by atoms with Crippen LogP contribution in [0.25, 0.3) is 0 Å². The third-order valence-electron chi connectivity index (χ3n) is 3.46. The first-order valence-electron chi connectivity index (χ1n) is 6.38. The highest BCUT2D eigenvalue weighted by atomic mass is 79.9. The third-order valence-corrected chi connectivity index (χ3v) is 4.24. The van der Waals surface area contributed by atoms with Crippen LogP contribution in [0.1, 0.15) is 30.6 Å². The minimum absolute atomic E-state index is 0.734. The molecule has 1 aromatic heterocycles. The zero-order valence-electron chi connectivity index (χ0n) is 10.4. The Balaban J connectivity index is 1.84. The molecule has 0 amide bonds. The normalized spacial score (nSPS) is 18.7. The molecule has 2 heterocycles. The number of aromatic nitrogens is 3. The van der Waals surface area contributed by atoms with Gasteiger partial charge in [0.15, 0.2) is 5.82 Å². The molecule has 0 aliphatic carbocycles. The number of hydrogen-bond donors (Lipinski definition) is 0. The van der Waals surface area contributed by atoms with Crippen LogP contribution >= 0.6 is 15.9 Å². The van der Waals surface area contributed by atoms with Crippen molar-refractivity contribution in [1.29, 1.82) is 0 Å². The van der Waals surface area contributed by atoms with Crippen LogP contribution in [-0.4, -0.2) is 14.8 Å². The van der Waals surface area contributed by atoms with Crippen molar-refractivity contribution in [2.24, 2.45) is 5.92 Å². The monoisotopic (exact) mass is 305 g/mol. The summed E-state index contributed by atoms with van der Waals surface area (Å²) in [6.45, 7) is 3.30. The van der Waals surface area contributed by atoms with Crippen molar-refractivity contribution in [2.45, 2.75) is 32.7 Å². The van der Waals surface area contributed by atoms with Gasteiger partial charge in [-0.15, -0.1) is 0 Å². The van der Waals surface area contributed by atoms with Gasteiger partial charge in [0.05, 0.1) is 0 Å². The first-order valence-corrected chi connectivity index (χ1v) is 7.17.